The summed E-state index contributed by atoms with van der Waals surface area (Å²) in [6, 6.07) is 16.7. The van der Waals surface area contributed by atoms with E-state index in [0.717, 1.165) is 11.3 Å². The van der Waals surface area contributed by atoms with Gasteiger partial charge in [-0.05, 0) is 17.5 Å². The lowest BCUT2D eigenvalue weighted by Gasteiger charge is -2.27. The molecule has 1 aliphatic rings. The van der Waals surface area contributed by atoms with Crippen molar-refractivity contribution in [2.24, 2.45) is 11.1 Å². The van der Waals surface area contributed by atoms with Gasteiger partial charge in [-0.3, -0.25) is 4.90 Å². The van der Waals surface area contributed by atoms with Crippen molar-refractivity contribution in [1.29, 1.82) is 0 Å². The van der Waals surface area contributed by atoms with Gasteiger partial charge in [-0.15, -0.1) is 0 Å². The Morgan fingerprint density at radius 3 is 2.60 bits per heavy atom. The second-order valence-electron chi connectivity index (χ2n) is 8.21. The molecule has 6 heteroatoms. The summed E-state index contributed by atoms with van der Waals surface area (Å²) >= 11 is 0. The minimum absolute atomic E-state index is 0.143. The zero-order chi connectivity index (χ0) is 21.3. The van der Waals surface area contributed by atoms with Gasteiger partial charge in [0.05, 0.1) is 18.4 Å². The molecule has 0 bridgehead atoms. The molecule has 1 aliphatic heterocycles. The van der Waals surface area contributed by atoms with Crippen molar-refractivity contribution in [3.63, 3.8) is 0 Å². The third-order valence-electron chi connectivity index (χ3n) is 4.88. The molecule has 2 atom stereocenters. The predicted octanol–water partition coefficient (Wildman–Crippen LogP) is 3.85. The molecule has 0 aromatic heterocycles. The van der Waals surface area contributed by atoms with Crippen molar-refractivity contribution in [3.05, 3.63) is 71.5 Å². The maximum Gasteiger partial charge on any atom is 0.145 e. The summed E-state index contributed by atoms with van der Waals surface area (Å²) < 4.78 is 19.8. The summed E-state index contributed by atoms with van der Waals surface area (Å²) in [6.07, 6.45) is -0.125. The van der Waals surface area contributed by atoms with Crippen molar-refractivity contribution in [1.82, 2.24) is 4.90 Å². The van der Waals surface area contributed by atoms with Crippen LogP contribution in [0.25, 0.3) is 0 Å². The van der Waals surface area contributed by atoms with Crippen molar-refractivity contribution < 1.29 is 19.1 Å². The summed E-state index contributed by atoms with van der Waals surface area (Å²) in [6.45, 7) is 6.28. The number of halogens is 1. The van der Waals surface area contributed by atoms with E-state index in [1.54, 1.807) is 12.1 Å². The number of oxime groups is 1. The minimum atomic E-state index is -0.661. The molecule has 1 N–H and O–H groups in total. The first-order valence-corrected chi connectivity index (χ1v) is 10.5. The molecular formula is C24H31FN2O3. The predicted molar refractivity (Wildman–Crippen MR) is 116 cm³/mol. The lowest BCUT2D eigenvalue weighted by molar-refractivity contribution is -0.00755. The van der Waals surface area contributed by atoms with Crippen LogP contribution in [-0.4, -0.2) is 54.2 Å². The second-order valence-corrected chi connectivity index (χ2v) is 8.21. The van der Waals surface area contributed by atoms with E-state index in [2.05, 4.69) is 19.0 Å². The molecule has 1 heterocycles. The van der Waals surface area contributed by atoms with Gasteiger partial charge in [-0.1, -0.05) is 67.5 Å². The molecule has 0 saturated carbocycles. The van der Waals surface area contributed by atoms with Crippen LogP contribution in [0.1, 0.15) is 31.4 Å². The van der Waals surface area contributed by atoms with Crippen LogP contribution >= 0.6 is 0 Å². The summed E-state index contributed by atoms with van der Waals surface area (Å²) in [7, 11) is 0. The van der Waals surface area contributed by atoms with Crippen molar-refractivity contribution in [3.8, 4) is 0 Å². The molecule has 2 aromatic rings. The molecule has 3 rings (SSSR count). The molecule has 0 aliphatic carbocycles. The van der Waals surface area contributed by atoms with Gasteiger partial charge < -0.3 is 14.7 Å². The molecule has 0 radical (unpaired) electrons. The topological polar surface area (TPSA) is 54.3 Å². The average molecular weight is 415 g/mol. The Morgan fingerprint density at radius 1 is 1.13 bits per heavy atom. The fourth-order valence-corrected chi connectivity index (χ4v) is 3.48. The molecule has 0 saturated heterocycles. The number of ether oxygens (including phenoxy) is 1. The summed E-state index contributed by atoms with van der Waals surface area (Å²) in [4.78, 5) is 7.66. The van der Waals surface area contributed by atoms with Crippen LogP contribution in [0.15, 0.2) is 59.8 Å². The lowest BCUT2D eigenvalue weighted by atomic mass is 10.0. The van der Waals surface area contributed by atoms with Crippen LogP contribution in [0.3, 0.4) is 0 Å². The van der Waals surface area contributed by atoms with Crippen LogP contribution in [0.5, 0.6) is 0 Å². The van der Waals surface area contributed by atoms with E-state index >= 15 is 0 Å². The maximum atomic E-state index is 14.2. The first-order chi connectivity index (χ1) is 14.5. The molecule has 2 aromatic carbocycles. The Kier molecular flexibility index (Phi) is 8.37. The highest BCUT2D eigenvalue weighted by molar-refractivity contribution is 6.01. The summed E-state index contributed by atoms with van der Waals surface area (Å²) in [5, 5.41) is 14.7. The van der Waals surface area contributed by atoms with Crippen LogP contribution in [0, 0.1) is 11.7 Å². The molecule has 30 heavy (non-hydrogen) atoms. The van der Waals surface area contributed by atoms with Gasteiger partial charge in [-0.25, -0.2) is 4.39 Å². The lowest BCUT2D eigenvalue weighted by Crippen LogP contribution is -2.39. The number of rotatable bonds is 11. The molecular weight excluding hydrogens is 383 g/mol. The third kappa shape index (κ3) is 6.90. The first-order valence-electron chi connectivity index (χ1n) is 10.5. The zero-order valence-corrected chi connectivity index (χ0v) is 17.7. The fraction of sp³-hybridized carbons (Fsp3) is 0.458. The van der Waals surface area contributed by atoms with E-state index in [0.29, 0.717) is 44.1 Å². The highest BCUT2D eigenvalue weighted by Crippen LogP contribution is 2.19. The fourth-order valence-electron chi connectivity index (χ4n) is 3.48. The number of aliphatic hydroxyl groups excluding tert-OH is 1. The van der Waals surface area contributed by atoms with Crippen LogP contribution in [-0.2, 0) is 16.1 Å². The average Bonchev–Trinajstić information content (AvgIpc) is 3.18. The van der Waals surface area contributed by atoms with E-state index < -0.39 is 6.10 Å². The highest BCUT2D eigenvalue weighted by atomic mass is 19.1. The van der Waals surface area contributed by atoms with Gasteiger partial charge in [-0.2, -0.15) is 0 Å². The zero-order valence-electron chi connectivity index (χ0n) is 17.7. The number of benzene rings is 2. The normalized spacial score (nSPS) is 17.3. The van der Waals surface area contributed by atoms with Crippen molar-refractivity contribution in [2.45, 2.75) is 39.0 Å². The Bertz CT molecular complexity index is 813. The summed E-state index contributed by atoms with van der Waals surface area (Å²) in [5.41, 5.74) is 2.55. The maximum absolute atomic E-state index is 14.2. The molecule has 0 spiro atoms. The van der Waals surface area contributed by atoms with Crippen molar-refractivity contribution >= 4 is 5.71 Å². The number of hydrogen-bond donors (Lipinski definition) is 1. The van der Waals surface area contributed by atoms with Gasteiger partial charge in [0, 0.05) is 38.2 Å². The van der Waals surface area contributed by atoms with Crippen LogP contribution < -0.4 is 0 Å². The monoisotopic (exact) mass is 414 g/mol. The Morgan fingerprint density at radius 2 is 1.87 bits per heavy atom. The standard InChI is InChI=1S/C24H31FN2O3/c1-18(2)16-29-17-21(28)14-27(13-20-10-6-7-11-23(20)25)15-22-12-24(26-30-22)19-8-4-3-5-9-19/h3-11,18,21-22,28H,12-17H2,1-2H3. The highest BCUT2D eigenvalue weighted by Gasteiger charge is 2.26. The number of hydrogen-bond acceptors (Lipinski definition) is 5. The Balaban J connectivity index is 1.60. The van der Waals surface area contributed by atoms with E-state index in [9.17, 15) is 9.50 Å². The first kappa shape index (κ1) is 22.4. The van der Waals surface area contributed by atoms with Gasteiger partial charge in [0.2, 0.25) is 0 Å². The largest absolute Gasteiger partial charge is 0.390 e. The third-order valence-corrected chi connectivity index (χ3v) is 4.88. The van der Waals surface area contributed by atoms with Gasteiger partial charge in [0.25, 0.3) is 0 Å². The molecule has 0 amide bonds. The molecule has 0 fully saturated rings. The summed E-state index contributed by atoms with van der Waals surface area (Å²) in [5.74, 6) is 0.161. The van der Waals surface area contributed by atoms with Gasteiger partial charge in [0.1, 0.15) is 11.9 Å². The number of aliphatic hydroxyl groups is 1. The Hall–Kier alpha value is -2.28. The molecule has 162 valence electrons. The minimum Gasteiger partial charge on any atom is -0.390 e. The SMILES string of the molecule is CC(C)COCC(O)CN(Cc1ccccc1F)CC1CC(c2ccccc2)=NO1. The van der Waals surface area contributed by atoms with Crippen LogP contribution in [0.2, 0.25) is 0 Å². The number of nitrogens with zero attached hydrogens (tertiary/aromatic N) is 2. The van der Waals surface area contributed by atoms with E-state index in [4.69, 9.17) is 9.57 Å². The van der Waals surface area contributed by atoms with Gasteiger partial charge in [0.15, 0.2) is 0 Å². The van der Waals surface area contributed by atoms with Gasteiger partial charge >= 0.3 is 0 Å². The second kappa shape index (κ2) is 11.2. The van der Waals surface area contributed by atoms with Crippen molar-refractivity contribution in [2.75, 3.05) is 26.3 Å². The van der Waals surface area contributed by atoms with E-state index in [1.807, 2.05) is 41.3 Å². The quantitative estimate of drug-likeness (QED) is 0.607. The smallest absolute Gasteiger partial charge is 0.145 e. The van der Waals surface area contributed by atoms with Crippen LogP contribution in [0.4, 0.5) is 4.39 Å². The molecule has 2 unspecified atom stereocenters. The van der Waals surface area contributed by atoms with E-state index in [1.165, 1.54) is 6.07 Å². The van der Waals surface area contributed by atoms with E-state index in [-0.39, 0.29) is 18.5 Å². The Labute approximate surface area is 178 Å². The molecule has 5 nitrogen and oxygen atoms in total.